The molecule has 2 aliphatic heterocycles. The molecule has 1 aliphatic carbocycles. The van der Waals surface area contributed by atoms with Gasteiger partial charge in [0.1, 0.15) is 0 Å². The highest BCUT2D eigenvalue weighted by molar-refractivity contribution is 5.98. The number of hydrogen-bond acceptors (Lipinski definition) is 8. The third kappa shape index (κ3) is 3.82. The minimum absolute atomic E-state index is 0. The molecule has 1 unspecified atom stereocenters. The Morgan fingerprint density at radius 1 is 0.950 bits per heavy atom. The highest BCUT2D eigenvalue weighted by atomic mass is 35.5. The Morgan fingerprint density at radius 2 is 1.77 bits per heavy atom. The molecule has 0 saturated heterocycles. The van der Waals surface area contributed by atoms with Gasteiger partial charge in [0.15, 0.2) is 17.6 Å². The number of halogens is 1. The van der Waals surface area contributed by atoms with Crippen molar-refractivity contribution in [2.45, 2.75) is 31.0 Å². The van der Waals surface area contributed by atoms with E-state index >= 15 is 0 Å². The van der Waals surface area contributed by atoms with Crippen LogP contribution >= 0.6 is 12.4 Å². The first-order valence-corrected chi connectivity index (χ1v) is 13.1. The summed E-state index contributed by atoms with van der Waals surface area (Å²) in [5, 5.41) is 11.8. The van der Waals surface area contributed by atoms with E-state index in [0.717, 1.165) is 51.8 Å². The number of pyridine rings is 2. The van der Waals surface area contributed by atoms with Crippen LogP contribution in [0.2, 0.25) is 0 Å². The highest BCUT2D eigenvalue weighted by Gasteiger charge is 2.34. The summed E-state index contributed by atoms with van der Waals surface area (Å²) in [5.41, 5.74) is 16.6. The topological polar surface area (TPSA) is 109 Å². The van der Waals surface area contributed by atoms with Crippen molar-refractivity contribution in [1.82, 2.24) is 30.0 Å². The molecule has 2 aromatic carbocycles. The molecular weight excluding hydrogens is 522 g/mol. The lowest BCUT2D eigenvalue weighted by Gasteiger charge is -2.38. The Balaban J connectivity index is 0.00000264. The molecule has 40 heavy (non-hydrogen) atoms. The van der Waals surface area contributed by atoms with E-state index in [2.05, 4.69) is 68.1 Å². The van der Waals surface area contributed by atoms with Gasteiger partial charge in [0, 0.05) is 40.7 Å². The number of aromatic nitrogens is 4. The number of hydrazine groups is 1. The average molecular weight is 548 g/mol. The molecule has 0 bridgehead atoms. The first-order chi connectivity index (χ1) is 19.2. The number of guanidine groups is 1. The minimum atomic E-state index is -0.395. The molecule has 198 valence electrons. The third-order valence-electron chi connectivity index (χ3n) is 7.94. The highest BCUT2D eigenvalue weighted by Crippen LogP contribution is 2.40. The van der Waals surface area contributed by atoms with Crippen molar-refractivity contribution < 1.29 is 0 Å². The van der Waals surface area contributed by atoms with Crippen LogP contribution in [0.1, 0.15) is 36.8 Å². The molecule has 3 aliphatic rings. The maximum absolute atomic E-state index is 6.59. The minimum Gasteiger partial charge on any atom is -0.321 e. The van der Waals surface area contributed by atoms with Crippen molar-refractivity contribution in [3.63, 3.8) is 0 Å². The van der Waals surface area contributed by atoms with E-state index in [4.69, 9.17) is 10.7 Å². The van der Waals surface area contributed by atoms with E-state index in [1.54, 1.807) is 11.2 Å². The van der Waals surface area contributed by atoms with Gasteiger partial charge in [-0.15, -0.1) is 22.6 Å². The van der Waals surface area contributed by atoms with Gasteiger partial charge < -0.3 is 5.73 Å². The molecule has 0 spiro atoms. The van der Waals surface area contributed by atoms with E-state index in [-0.39, 0.29) is 17.9 Å². The molecule has 5 aromatic rings. The number of benzene rings is 2. The second kappa shape index (κ2) is 9.34. The molecular formula is C30H26ClN9. The SMILES string of the molecule is Cl.NC1(c2ccc(-c3nc4ccn5c(C6N=C7N=CC=CN7N6)nnc5c4cc3-c3ccccc3)cc2)CCC1. The van der Waals surface area contributed by atoms with Crippen molar-refractivity contribution in [1.29, 1.82) is 0 Å². The van der Waals surface area contributed by atoms with Crippen LogP contribution < -0.4 is 11.2 Å². The summed E-state index contributed by atoms with van der Waals surface area (Å²) in [6, 6.07) is 23.1. The molecule has 1 saturated carbocycles. The lowest BCUT2D eigenvalue weighted by atomic mass is 9.72. The lowest BCUT2D eigenvalue weighted by Crippen LogP contribution is -2.43. The van der Waals surface area contributed by atoms with Crippen molar-refractivity contribution in [2.75, 3.05) is 0 Å². The largest absolute Gasteiger partial charge is 0.321 e. The van der Waals surface area contributed by atoms with Crippen LogP contribution in [0.5, 0.6) is 0 Å². The molecule has 5 heterocycles. The molecule has 8 rings (SSSR count). The predicted molar refractivity (Wildman–Crippen MR) is 159 cm³/mol. The summed E-state index contributed by atoms with van der Waals surface area (Å²) in [6.07, 6.45) is 10.3. The summed E-state index contributed by atoms with van der Waals surface area (Å²) < 4.78 is 1.97. The van der Waals surface area contributed by atoms with Crippen LogP contribution in [-0.4, -0.2) is 36.8 Å². The van der Waals surface area contributed by atoms with Crippen LogP contribution in [0.15, 0.2) is 95.2 Å². The average Bonchev–Trinajstić information content (AvgIpc) is 3.60. The quantitative estimate of drug-likeness (QED) is 0.322. The van der Waals surface area contributed by atoms with Crippen LogP contribution in [0.3, 0.4) is 0 Å². The van der Waals surface area contributed by atoms with Gasteiger partial charge in [-0.3, -0.25) is 4.40 Å². The van der Waals surface area contributed by atoms with Gasteiger partial charge >= 0.3 is 0 Å². The number of nitrogens with two attached hydrogens (primary N) is 1. The van der Waals surface area contributed by atoms with Gasteiger partial charge in [-0.25, -0.2) is 20.0 Å². The van der Waals surface area contributed by atoms with Crippen molar-refractivity contribution in [2.24, 2.45) is 15.7 Å². The second-order valence-electron chi connectivity index (χ2n) is 10.3. The van der Waals surface area contributed by atoms with Crippen LogP contribution in [0, 0.1) is 0 Å². The maximum atomic E-state index is 6.59. The fourth-order valence-electron chi connectivity index (χ4n) is 5.61. The Hall–Kier alpha value is -4.44. The summed E-state index contributed by atoms with van der Waals surface area (Å²) in [5.74, 6) is 1.28. The molecule has 10 heteroatoms. The van der Waals surface area contributed by atoms with Crippen LogP contribution in [-0.2, 0) is 5.54 Å². The fourth-order valence-corrected chi connectivity index (χ4v) is 5.61. The number of nitrogens with one attached hydrogen (secondary N) is 1. The first kappa shape index (κ1) is 24.6. The van der Waals surface area contributed by atoms with Crippen molar-refractivity contribution in [3.05, 3.63) is 96.6 Å². The van der Waals surface area contributed by atoms with E-state index in [0.29, 0.717) is 11.8 Å². The van der Waals surface area contributed by atoms with Crippen LogP contribution in [0.4, 0.5) is 0 Å². The number of nitrogens with zero attached hydrogens (tertiary/aromatic N) is 7. The van der Waals surface area contributed by atoms with Gasteiger partial charge in [-0.1, -0.05) is 54.6 Å². The van der Waals surface area contributed by atoms with E-state index < -0.39 is 6.17 Å². The summed E-state index contributed by atoms with van der Waals surface area (Å²) >= 11 is 0. The number of rotatable bonds is 4. The normalized spacial score (nSPS) is 18.9. The predicted octanol–water partition coefficient (Wildman–Crippen LogP) is 5.14. The van der Waals surface area contributed by atoms with Gasteiger partial charge in [0.25, 0.3) is 0 Å². The lowest BCUT2D eigenvalue weighted by molar-refractivity contribution is 0.253. The molecule has 9 nitrogen and oxygen atoms in total. The van der Waals surface area contributed by atoms with E-state index in [1.165, 1.54) is 12.0 Å². The number of allylic oxidation sites excluding steroid dienone is 1. The number of hydrogen-bond donors (Lipinski definition) is 2. The van der Waals surface area contributed by atoms with Gasteiger partial charge in [-0.2, -0.15) is 5.43 Å². The molecule has 1 fully saturated rings. The molecule has 3 aromatic heterocycles. The van der Waals surface area contributed by atoms with Gasteiger partial charge in [-0.05, 0) is 48.6 Å². The second-order valence-corrected chi connectivity index (χ2v) is 10.3. The Morgan fingerprint density at radius 3 is 2.52 bits per heavy atom. The van der Waals surface area contributed by atoms with Crippen molar-refractivity contribution in [3.8, 4) is 22.4 Å². The molecule has 3 N–H and O–H groups in total. The Kier molecular flexibility index (Phi) is 5.74. The van der Waals surface area contributed by atoms with E-state index in [1.807, 2.05) is 47.1 Å². The molecule has 1 atom stereocenters. The monoisotopic (exact) mass is 547 g/mol. The summed E-state index contributed by atoms with van der Waals surface area (Å²) in [6.45, 7) is 0. The standard InChI is InChI=1S/C30H25N9.ClH/c31-30(13-4-14-30)21-10-8-20(9-11-21)25-22(19-6-2-1-3-7-19)18-23-24(33-25)12-17-38-27(23)35-36-28(38)26-34-29-32-15-5-16-39(29)37-26;/h1-3,5-12,15-18,26,37H,4,13-14,31H2;1H. The maximum Gasteiger partial charge on any atom is 0.241 e. The Bertz CT molecular complexity index is 1840. The van der Waals surface area contributed by atoms with Gasteiger partial charge in [0.05, 0.1) is 11.2 Å². The zero-order valence-corrected chi connectivity index (χ0v) is 22.3. The molecule has 0 radical (unpaired) electrons. The fraction of sp³-hybridized carbons (Fsp3) is 0.167. The zero-order chi connectivity index (χ0) is 26.0. The summed E-state index contributed by atoms with van der Waals surface area (Å²) in [4.78, 5) is 14.2. The zero-order valence-electron chi connectivity index (χ0n) is 21.5. The van der Waals surface area contributed by atoms with Crippen molar-refractivity contribution >= 4 is 41.1 Å². The number of fused-ring (bicyclic) bond motifs is 4. The van der Waals surface area contributed by atoms with Crippen LogP contribution in [0.25, 0.3) is 38.9 Å². The smallest absolute Gasteiger partial charge is 0.241 e. The Labute approximate surface area is 236 Å². The van der Waals surface area contributed by atoms with E-state index in [9.17, 15) is 0 Å². The molecule has 0 amide bonds. The summed E-state index contributed by atoms with van der Waals surface area (Å²) in [7, 11) is 0. The first-order valence-electron chi connectivity index (χ1n) is 13.1. The van der Waals surface area contributed by atoms with Gasteiger partial charge in [0.2, 0.25) is 5.96 Å². The third-order valence-corrected chi connectivity index (χ3v) is 7.94. The number of aliphatic imine (C=N–C) groups is 2.